The van der Waals surface area contributed by atoms with E-state index in [1.165, 1.54) is 0 Å². The van der Waals surface area contributed by atoms with Gasteiger partial charge in [-0.15, -0.1) is 0 Å². The van der Waals surface area contributed by atoms with Crippen LogP contribution in [0, 0.1) is 0 Å². The molecule has 0 N–H and O–H groups in total. The molecule has 27 heavy (non-hydrogen) atoms. The van der Waals surface area contributed by atoms with E-state index in [-0.39, 0.29) is 5.91 Å². The van der Waals surface area contributed by atoms with Gasteiger partial charge >= 0.3 is 0 Å². The van der Waals surface area contributed by atoms with E-state index in [0.717, 1.165) is 34.2 Å². The molecule has 1 aliphatic rings. The summed E-state index contributed by atoms with van der Waals surface area (Å²) in [6.45, 7) is 5.48. The summed E-state index contributed by atoms with van der Waals surface area (Å²) in [6, 6.07) is 13.1. The summed E-state index contributed by atoms with van der Waals surface area (Å²) in [7, 11) is 0. The fourth-order valence-electron chi connectivity index (χ4n) is 3.19. The summed E-state index contributed by atoms with van der Waals surface area (Å²) in [6.07, 6.45) is 0. The first-order valence-electron chi connectivity index (χ1n) is 8.98. The van der Waals surface area contributed by atoms with Crippen molar-refractivity contribution in [1.29, 1.82) is 0 Å². The van der Waals surface area contributed by atoms with E-state index in [2.05, 4.69) is 11.0 Å². The van der Waals surface area contributed by atoms with Crippen LogP contribution in [0.15, 0.2) is 42.5 Å². The average Bonchev–Trinajstić information content (AvgIpc) is 3.14. The Labute approximate surface area is 167 Å². The summed E-state index contributed by atoms with van der Waals surface area (Å²) < 4.78 is 6.81. The van der Waals surface area contributed by atoms with Crippen molar-refractivity contribution in [3.8, 4) is 5.75 Å². The van der Waals surface area contributed by atoms with Crippen LogP contribution in [0.25, 0.3) is 10.2 Å². The third-order valence-corrected chi connectivity index (χ3v) is 5.93. The van der Waals surface area contributed by atoms with Crippen LogP contribution in [-0.4, -0.2) is 48.6 Å². The number of hydrogen-bond acceptors (Lipinski definition) is 5. The molecule has 0 unspecified atom stereocenters. The summed E-state index contributed by atoms with van der Waals surface area (Å²) >= 11 is 7.58. The normalized spacial score (nSPS) is 14.6. The van der Waals surface area contributed by atoms with Crippen molar-refractivity contribution >= 4 is 44.2 Å². The molecule has 5 nitrogen and oxygen atoms in total. The van der Waals surface area contributed by atoms with Crippen molar-refractivity contribution in [3.63, 3.8) is 0 Å². The van der Waals surface area contributed by atoms with Gasteiger partial charge in [-0.25, -0.2) is 4.98 Å². The minimum atomic E-state index is 0.0502. The lowest BCUT2D eigenvalue weighted by Crippen LogP contribution is -2.48. The van der Waals surface area contributed by atoms with Crippen LogP contribution in [0.1, 0.15) is 17.3 Å². The molecular weight excluding hydrogens is 382 g/mol. The second kappa shape index (κ2) is 7.74. The molecule has 2 heterocycles. The van der Waals surface area contributed by atoms with E-state index in [1.807, 2.05) is 24.0 Å². The number of ether oxygens (including phenoxy) is 1. The number of nitrogens with zero attached hydrogens (tertiary/aromatic N) is 3. The zero-order valence-electron chi connectivity index (χ0n) is 15.0. The van der Waals surface area contributed by atoms with Gasteiger partial charge in [0.1, 0.15) is 11.3 Å². The Morgan fingerprint density at radius 1 is 1.15 bits per heavy atom. The number of aromatic nitrogens is 1. The predicted octanol–water partition coefficient (Wildman–Crippen LogP) is 4.31. The topological polar surface area (TPSA) is 45.7 Å². The van der Waals surface area contributed by atoms with Crippen LogP contribution in [0.2, 0.25) is 5.02 Å². The maximum atomic E-state index is 12.6. The number of fused-ring (bicyclic) bond motifs is 1. The van der Waals surface area contributed by atoms with Crippen molar-refractivity contribution in [2.45, 2.75) is 6.92 Å². The van der Waals surface area contributed by atoms with E-state index in [0.29, 0.717) is 30.3 Å². The molecular formula is C20H20ClN3O2S. The van der Waals surface area contributed by atoms with Crippen LogP contribution in [0.3, 0.4) is 0 Å². The number of benzene rings is 2. The standard InChI is InChI=1S/C20H20ClN3O2S/c1-2-26-16-4-3-5-17-18(16)22-20(27-17)24-12-10-23(11-13-24)19(25)14-6-8-15(21)9-7-14/h3-9H,2,10-13H2,1H3. The number of halogens is 1. The Kier molecular flexibility index (Phi) is 5.18. The largest absolute Gasteiger partial charge is 0.492 e. The number of anilines is 1. The summed E-state index contributed by atoms with van der Waals surface area (Å²) in [4.78, 5) is 21.6. The number of carbonyl (C=O) groups excluding carboxylic acids is 1. The minimum absolute atomic E-state index is 0.0502. The number of thiazole rings is 1. The van der Waals surface area contributed by atoms with Crippen LogP contribution >= 0.6 is 22.9 Å². The van der Waals surface area contributed by atoms with Crippen LogP contribution < -0.4 is 9.64 Å². The number of amides is 1. The van der Waals surface area contributed by atoms with Crippen molar-refractivity contribution in [1.82, 2.24) is 9.88 Å². The summed E-state index contributed by atoms with van der Waals surface area (Å²) in [5.74, 6) is 0.878. The van der Waals surface area contributed by atoms with Crippen LogP contribution in [-0.2, 0) is 0 Å². The van der Waals surface area contributed by atoms with Gasteiger partial charge in [0.05, 0.1) is 11.3 Å². The Balaban J connectivity index is 1.46. The molecule has 1 amide bonds. The quantitative estimate of drug-likeness (QED) is 0.653. The van der Waals surface area contributed by atoms with Crippen molar-refractivity contribution < 1.29 is 9.53 Å². The first-order chi connectivity index (χ1) is 13.2. The monoisotopic (exact) mass is 401 g/mol. The highest BCUT2D eigenvalue weighted by atomic mass is 35.5. The highest BCUT2D eigenvalue weighted by molar-refractivity contribution is 7.22. The number of carbonyl (C=O) groups is 1. The fraction of sp³-hybridized carbons (Fsp3) is 0.300. The molecule has 1 aliphatic heterocycles. The van der Waals surface area contributed by atoms with Gasteiger partial charge < -0.3 is 14.5 Å². The molecule has 0 radical (unpaired) electrons. The SMILES string of the molecule is CCOc1cccc2sc(N3CCN(C(=O)c4ccc(Cl)cc4)CC3)nc12. The molecule has 140 valence electrons. The molecule has 1 saturated heterocycles. The van der Waals surface area contributed by atoms with Crippen LogP contribution in [0.5, 0.6) is 5.75 Å². The third kappa shape index (κ3) is 3.73. The molecule has 0 atom stereocenters. The first-order valence-corrected chi connectivity index (χ1v) is 10.2. The van der Waals surface area contributed by atoms with Gasteiger partial charge in [0.2, 0.25) is 0 Å². The van der Waals surface area contributed by atoms with Gasteiger partial charge in [0.15, 0.2) is 5.13 Å². The number of hydrogen-bond donors (Lipinski definition) is 0. The lowest BCUT2D eigenvalue weighted by Gasteiger charge is -2.34. The zero-order chi connectivity index (χ0) is 18.8. The van der Waals surface area contributed by atoms with E-state index in [9.17, 15) is 4.79 Å². The smallest absolute Gasteiger partial charge is 0.253 e. The molecule has 3 aromatic rings. The van der Waals surface area contributed by atoms with Crippen LogP contribution in [0.4, 0.5) is 5.13 Å². The Morgan fingerprint density at radius 2 is 1.89 bits per heavy atom. The molecule has 7 heteroatoms. The summed E-state index contributed by atoms with van der Waals surface area (Å²) in [5, 5.41) is 1.62. The maximum absolute atomic E-state index is 12.6. The average molecular weight is 402 g/mol. The highest BCUT2D eigenvalue weighted by Gasteiger charge is 2.24. The van der Waals surface area contributed by atoms with Gasteiger partial charge in [0.25, 0.3) is 5.91 Å². The van der Waals surface area contributed by atoms with Gasteiger partial charge in [0, 0.05) is 36.8 Å². The molecule has 0 spiro atoms. The fourth-order valence-corrected chi connectivity index (χ4v) is 4.36. The van der Waals surface area contributed by atoms with E-state index in [1.54, 1.807) is 35.6 Å². The molecule has 0 bridgehead atoms. The molecule has 4 rings (SSSR count). The van der Waals surface area contributed by atoms with Gasteiger partial charge in [-0.3, -0.25) is 4.79 Å². The molecule has 1 fully saturated rings. The van der Waals surface area contributed by atoms with Crippen molar-refractivity contribution in [3.05, 3.63) is 53.1 Å². The van der Waals surface area contributed by atoms with E-state index in [4.69, 9.17) is 21.3 Å². The van der Waals surface area contributed by atoms with Gasteiger partial charge in [-0.2, -0.15) is 0 Å². The molecule has 1 aromatic heterocycles. The second-order valence-electron chi connectivity index (χ2n) is 6.32. The lowest BCUT2D eigenvalue weighted by atomic mass is 10.2. The Bertz CT molecular complexity index is 950. The third-order valence-electron chi connectivity index (χ3n) is 4.60. The van der Waals surface area contributed by atoms with E-state index >= 15 is 0 Å². The van der Waals surface area contributed by atoms with Crippen molar-refractivity contribution in [2.75, 3.05) is 37.7 Å². The lowest BCUT2D eigenvalue weighted by molar-refractivity contribution is 0.0747. The van der Waals surface area contributed by atoms with Gasteiger partial charge in [-0.05, 0) is 43.3 Å². The van der Waals surface area contributed by atoms with Gasteiger partial charge in [-0.1, -0.05) is 29.0 Å². The maximum Gasteiger partial charge on any atom is 0.253 e. The van der Waals surface area contributed by atoms with E-state index < -0.39 is 0 Å². The number of rotatable bonds is 4. The summed E-state index contributed by atoms with van der Waals surface area (Å²) in [5.41, 5.74) is 1.59. The Hall–Kier alpha value is -2.31. The molecule has 0 saturated carbocycles. The second-order valence-corrected chi connectivity index (χ2v) is 7.76. The predicted molar refractivity (Wildman–Crippen MR) is 110 cm³/mol. The number of piperazine rings is 1. The minimum Gasteiger partial charge on any atom is -0.492 e. The molecule has 0 aliphatic carbocycles. The highest BCUT2D eigenvalue weighted by Crippen LogP contribution is 2.34. The Morgan fingerprint density at radius 3 is 2.59 bits per heavy atom. The van der Waals surface area contributed by atoms with Crippen molar-refractivity contribution in [2.24, 2.45) is 0 Å². The number of para-hydroxylation sites is 1. The zero-order valence-corrected chi connectivity index (χ0v) is 16.6. The first kappa shape index (κ1) is 18.1. The molecule has 2 aromatic carbocycles.